The Labute approximate surface area is 181 Å². The van der Waals surface area contributed by atoms with Crippen molar-refractivity contribution in [2.75, 3.05) is 16.4 Å². The van der Waals surface area contributed by atoms with Gasteiger partial charge in [0.2, 0.25) is 0 Å². The van der Waals surface area contributed by atoms with Gasteiger partial charge >= 0.3 is 12.4 Å². The first-order valence-electron chi connectivity index (χ1n) is 8.98. The van der Waals surface area contributed by atoms with Gasteiger partial charge in [0.15, 0.2) is 0 Å². The van der Waals surface area contributed by atoms with E-state index in [1.165, 1.54) is 12.1 Å². The number of alkyl halides is 6. The molecule has 0 saturated carbocycles. The zero-order chi connectivity index (χ0) is 24.4. The maximum absolute atomic E-state index is 13.8. The summed E-state index contributed by atoms with van der Waals surface area (Å²) in [6, 6.07) is 7.58. The summed E-state index contributed by atoms with van der Waals surface area (Å²) in [7, 11) is 0. The molecule has 0 unspecified atom stereocenters. The van der Waals surface area contributed by atoms with Crippen molar-refractivity contribution in [2.24, 2.45) is 0 Å². The number of benzene rings is 1. The highest BCUT2D eigenvalue weighted by Gasteiger charge is 2.39. The number of halogens is 6. The van der Waals surface area contributed by atoms with Gasteiger partial charge in [-0.05, 0) is 12.1 Å². The third-order valence-electron chi connectivity index (χ3n) is 4.34. The minimum Gasteiger partial charge on any atom is -0.383 e. The van der Waals surface area contributed by atoms with Crippen molar-refractivity contribution < 1.29 is 31.1 Å². The molecule has 2 aromatic heterocycles. The lowest BCUT2D eigenvalue weighted by atomic mass is 10.1. The van der Waals surface area contributed by atoms with E-state index in [1.807, 2.05) is 5.32 Å². The topological polar surface area (TPSA) is 117 Å². The molecule has 3 rings (SSSR count). The van der Waals surface area contributed by atoms with Crippen molar-refractivity contribution in [3.63, 3.8) is 0 Å². The molecule has 1 aromatic carbocycles. The van der Waals surface area contributed by atoms with E-state index in [4.69, 9.17) is 11.1 Å². The number of carbonyl (C=O) groups excluding carboxylic acids is 1. The number of allylic oxidation sites excluding steroid dienone is 1. The Morgan fingerprint density at radius 3 is 2.27 bits per heavy atom. The SMILES string of the molecule is N=C/C(C(=O)Nc1ccnc(C(F)(F)F)c1)=C(\Nc1cnc(N)c2ccccc12)C(F)(F)F. The number of carbonyl (C=O) groups is 1. The number of anilines is 3. The van der Waals surface area contributed by atoms with Crippen LogP contribution in [0.5, 0.6) is 0 Å². The van der Waals surface area contributed by atoms with Gasteiger partial charge in [-0.15, -0.1) is 0 Å². The second-order valence-electron chi connectivity index (χ2n) is 6.54. The smallest absolute Gasteiger partial charge is 0.383 e. The van der Waals surface area contributed by atoms with Crippen LogP contribution in [0.25, 0.3) is 10.8 Å². The Bertz CT molecular complexity index is 1250. The number of nitrogens with two attached hydrogens (primary N) is 1. The van der Waals surface area contributed by atoms with Gasteiger partial charge in [0.05, 0.1) is 17.5 Å². The molecule has 0 radical (unpaired) electrons. The van der Waals surface area contributed by atoms with Gasteiger partial charge in [-0.2, -0.15) is 26.3 Å². The number of hydrogen-bond acceptors (Lipinski definition) is 6. The summed E-state index contributed by atoms with van der Waals surface area (Å²) in [5.74, 6) is -1.39. The average molecular weight is 468 g/mol. The summed E-state index contributed by atoms with van der Waals surface area (Å²) in [4.78, 5) is 19.4. The lowest BCUT2D eigenvalue weighted by molar-refractivity contribution is -0.141. The van der Waals surface area contributed by atoms with Crippen LogP contribution in [0, 0.1) is 5.41 Å². The number of nitrogens with zero attached hydrogens (tertiary/aromatic N) is 2. The molecule has 0 atom stereocenters. The molecule has 0 aliphatic rings. The highest BCUT2D eigenvalue weighted by Crippen LogP contribution is 2.34. The number of nitrogen functional groups attached to an aromatic ring is 1. The van der Waals surface area contributed by atoms with E-state index >= 15 is 0 Å². The Kier molecular flexibility index (Phi) is 6.24. The standard InChI is InChI=1S/C20H14F6N6O/c21-19(22,23)15-7-10(5-6-29-15)31-18(33)13(8-27)16(20(24,25)26)32-14-9-30-17(28)12-4-2-1-3-11(12)14/h1-9,27,32H,(H2,28,30)(H,29,31,33)/b16-13+,27-8?. The summed E-state index contributed by atoms with van der Waals surface area (Å²) in [6.45, 7) is 0. The van der Waals surface area contributed by atoms with Gasteiger partial charge in [0.25, 0.3) is 5.91 Å². The van der Waals surface area contributed by atoms with Gasteiger partial charge in [0.1, 0.15) is 17.2 Å². The number of amides is 1. The van der Waals surface area contributed by atoms with Gasteiger partial charge in [-0.3, -0.25) is 9.78 Å². The van der Waals surface area contributed by atoms with E-state index in [9.17, 15) is 31.1 Å². The number of nitrogens with one attached hydrogen (secondary N) is 3. The molecule has 0 aliphatic carbocycles. The van der Waals surface area contributed by atoms with Crippen LogP contribution in [-0.4, -0.2) is 28.3 Å². The number of rotatable bonds is 5. The molecule has 172 valence electrons. The lowest BCUT2D eigenvalue weighted by Gasteiger charge is -2.19. The van der Waals surface area contributed by atoms with E-state index in [0.29, 0.717) is 11.5 Å². The second kappa shape index (κ2) is 8.76. The van der Waals surface area contributed by atoms with E-state index in [-0.39, 0.29) is 23.1 Å². The molecule has 0 fully saturated rings. The molecule has 5 N–H and O–H groups in total. The maximum Gasteiger partial charge on any atom is 0.433 e. The lowest BCUT2D eigenvalue weighted by Crippen LogP contribution is -2.27. The van der Waals surface area contributed by atoms with Gasteiger partial charge < -0.3 is 21.8 Å². The zero-order valence-corrected chi connectivity index (χ0v) is 16.3. The van der Waals surface area contributed by atoms with Crippen LogP contribution in [0.3, 0.4) is 0 Å². The summed E-state index contributed by atoms with van der Waals surface area (Å²) < 4.78 is 80.0. The van der Waals surface area contributed by atoms with E-state index in [0.717, 1.165) is 18.5 Å². The Hall–Kier alpha value is -4.16. The molecular formula is C20H14F6N6O. The fourth-order valence-corrected chi connectivity index (χ4v) is 2.85. The number of fused-ring (bicyclic) bond motifs is 1. The average Bonchev–Trinajstić information content (AvgIpc) is 2.74. The fraction of sp³-hybridized carbons (Fsp3) is 0.100. The normalized spacial score (nSPS) is 12.8. The molecule has 0 spiro atoms. The van der Waals surface area contributed by atoms with Crippen molar-refractivity contribution >= 4 is 40.1 Å². The van der Waals surface area contributed by atoms with E-state index in [1.54, 1.807) is 12.1 Å². The summed E-state index contributed by atoms with van der Waals surface area (Å²) >= 11 is 0. The van der Waals surface area contributed by atoms with Crippen molar-refractivity contribution in [3.05, 3.63) is 65.8 Å². The summed E-state index contributed by atoms with van der Waals surface area (Å²) in [6.07, 6.45) is -8.06. The van der Waals surface area contributed by atoms with Crippen LogP contribution in [0.1, 0.15) is 5.69 Å². The van der Waals surface area contributed by atoms with Crippen LogP contribution in [-0.2, 0) is 11.0 Å². The van der Waals surface area contributed by atoms with E-state index in [2.05, 4.69) is 15.3 Å². The first-order valence-corrected chi connectivity index (χ1v) is 8.98. The number of aromatic nitrogens is 2. The van der Waals surface area contributed by atoms with Gasteiger partial charge in [0, 0.05) is 28.9 Å². The predicted octanol–water partition coefficient (Wildman–Crippen LogP) is 4.75. The number of hydrogen-bond donors (Lipinski definition) is 4. The second-order valence-corrected chi connectivity index (χ2v) is 6.54. The molecule has 3 aromatic rings. The first-order chi connectivity index (χ1) is 15.4. The molecule has 7 nitrogen and oxygen atoms in total. The molecular weight excluding hydrogens is 454 g/mol. The molecule has 33 heavy (non-hydrogen) atoms. The molecule has 1 amide bonds. The third-order valence-corrected chi connectivity index (χ3v) is 4.34. The zero-order valence-electron chi connectivity index (χ0n) is 16.3. The monoisotopic (exact) mass is 468 g/mol. The summed E-state index contributed by atoms with van der Waals surface area (Å²) in [5.41, 5.74) is 1.00. The van der Waals surface area contributed by atoms with Crippen LogP contribution in [0.2, 0.25) is 0 Å². The van der Waals surface area contributed by atoms with Crippen LogP contribution >= 0.6 is 0 Å². The molecule has 2 heterocycles. The van der Waals surface area contributed by atoms with Crippen molar-refractivity contribution in [1.82, 2.24) is 9.97 Å². The van der Waals surface area contributed by atoms with Crippen molar-refractivity contribution in [2.45, 2.75) is 12.4 Å². The maximum atomic E-state index is 13.8. The molecule has 0 saturated heterocycles. The minimum atomic E-state index is -5.14. The highest BCUT2D eigenvalue weighted by atomic mass is 19.4. The van der Waals surface area contributed by atoms with Gasteiger partial charge in [-0.1, -0.05) is 24.3 Å². The van der Waals surface area contributed by atoms with Crippen LogP contribution < -0.4 is 16.4 Å². The summed E-state index contributed by atoms with van der Waals surface area (Å²) in [5, 5.41) is 12.0. The van der Waals surface area contributed by atoms with Gasteiger partial charge in [-0.25, -0.2) is 4.98 Å². The Morgan fingerprint density at radius 1 is 1.00 bits per heavy atom. The quantitative estimate of drug-likeness (QED) is 0.245. The fourth-order valence-electron chi connectivity index (χ4n) is 2.85. The minimum absolute atomic E-state index is 0.0665. The highest BCUT2D eigenvalue weighted by molar-refractivity contribution is 6.18. The Morgan fingerprint density at radius 2 is 1.67 bits per heavy atom. The predicted molar refractivity (Wildman–Crippen MR) is 110 cm³/mol. The van der Waals surface area contributed by atoms with Crippen molar-refractivity contribution in [1.29, 1.82) is 5.41 Å². The largest absolute Gasteiger partial charge is 0.433 e. The Balaban J connectivity index is 2.04. The van der Waals surface area contributed by atoms with Crippen LogP contribution in [0.15, 0.2) is 60.1 Å². The third kappa shape index (κ3) is 5.19. The number of pyridine rings is 2. The molecule has 13 heteroatoms. The van der Waals surface area contributed by atoms with E-state index < -0.39 is 40.9 Å². The van der Waals surface area contributed by atoms with Crippen LogP contribution in [0.4, 0.5) is 43.5 Å². The first kappa shape index (κ1) is 23.5. The molecule has 0 aliphatic heterocycles. The van der Waals surface area contributed by atoms with Crippen molar-refractivity contribution in [3.8, 4) is 0 Å². The molecule has 0 bridgehead atoms.